The van der Waals surface area contributed by atoms with E-state index in [1.807, 2.05) is 25.1 Å². The lowest BCUT2D eigenvalue weighted by molar-refractivity contribution is 0.425. The summed E-state index contributed by atoms with van der Waals surface area (Å²) in [6.07, 6.45) is 6.26. The summed E-state index contributed by atoms with van der Waals surface area (Å²) in [6, 6.07) is 9.96. The predicted octanol–water partition coefficient (Wildman–Crippen LogP) is 4.88. The van der Waals surface area contributed by atoms with Crippen molar-refractivity contribution in [1.29, 1.82) is 0 Å². The minimum absolute atomic E-state index is 0.207. The average molecular weight is 512 g/mol. The van der Waals surface area contributed by atoms with Gasteiger partial charge in [0.1, 0.15) is 22.8 Å². The van der Waals surface area contributed by atoms with Crippen molar-refractivity contribution in [3.05, 3.63) is 72.8 Å². The maximum Gasteiger partial charge on any atom is 0.184 e. The topological polar surface area (TPSA) is 111 Å². The van der Waals surface area contributed by atoms with Crippen LogP contribution in [0.4, 0.5) is 14.5 Å². The zero-order valence-electron chi connectivity index (χ0n) is 20.6. The molecule has 0 saturated carbocycles. The molecule has 11 heteroatoms. The molecule has 9 nitrogen and oxygen atoms in total. The van der Waals surface area contributed by atoms with Crippen molar-refractivity contribution in [2.75, 3.05) is 32.5 Å². The molecule has 6 rings (SSSR count). The summed E-state index contributed by atoms with van der Waals surface area (Å²) in [7, 11) is 3.95. The number of aromatic nitrogens is 7. The number of pyridine rings is 3. The van der Waals surface area contributed by atoms with Crippen LogP contribution in [0.3, 0.4) is 0 Å². The first-order chi connectivity index (χ1) is 18.5. The highest BCUT2D eigenvalue weighted by Gasteiger charge is 2.21. The summed E-state index contributed by atoms with van der Waals surface area (Å²) in [4.78, 5) is 22.9. The molecule has 0 saturated heterocycles. The number of benzene rings is 1. The molecule has 6 aromatic rings. The zero-order valence-corrected chi connectivity index (χ0v) is 20.6. The lowest BCUT2D eigenvalue weighted by atomic mass is 10.1. The number of nitrogens with one attached hydrogen (secondary N) is 3. The Balaban J connectivity index is 1.43. The smallest absolute Gasteiger partial charge is 0.184 e. The molecular formula is C27H23F2N9. The molecule has 5 heterocycles. The summed E-state index contributed by atoms with van der Waals surface area (Å²) in [5.41, 5.74) is 4.38. The molecule has 3 N–H and O–H groups in total. The number of halogens is 2. The van der Waals surface area contributed by atoms with Crippen LogP contribution in [0.15, 0.2) is 61.2 Å². The Bertz CT molecular complexity index is 1760. The van der Waals surface area contributed by atoms with Crippen LogP contribution in [0.5, 0.6) is 0 Å². The van der Waals surface area contributed by atoms with E-state index in [4.69, 9.17) is 4.98 Å². The van der Waals surface area contributed by atoms with Gasteiger partial charge in [-0.3, -0.25) is 15.1 Å². The van der Waals surface area contributed by atoms with E-state index in [0.29, 0.717) is 57.2 Å². The van der Waals surface area contributed by atoms with E-state index in [9.17, 15) is 4.39 Å². The van der Waals surface area contributed by atoms with Crippen molar-refractivity contribution >= 4 is 27.8 Å². The van der Waals surface area contributed by atoms with E-state index in [2.05, 4.69) is 35.5 Å². The van der Waals surface area contributed by atoms with Gasteiger partial charge in [0.05, 0.1) is 16.6 Å². The van der Waals surface area contributed by atoms with Gasteiger partial charge in [0.25, 0.3) is 0 Å². The fourth-order valence-corrected chi connectivity index (χ4v) is 4.36. The third-order valence-corrected chi connectivity index (χ3v) is 6.19. The molecule has 0 unspecified atom stereocenters. The molecule has 190 valence electrons. The molecule has 0 aliphatic heterocycles. The van der Waals surface area contributed by atoms with E-state index >= 15 is 4.39 Å². The van der Waals surface area contributed by atoms with Crippen molar-refractivity contribution in [2.24, 2.45) is 0 Å². The van der Waals surface area contributed by atoms with Crippen LogP contribution in [0.2, 0.25) is 0 Å². The van der Waals surface area contributed by atoms with E-state index in [1.165, 1.54) is 18.3 Å². The minimum Gasteiger partial charge on any atom is -0.384 e. The standard InChI is InChI=1S/C27H23F2N9/c1-38(2)9-8-31-18-11-16(10-17(28)12-18)23-24-20(5-7-32-23)34-27(35-24)25-21-22(29)19(14-33-26(21)37-36-25)15-4-3-6-30-13-15/h3-7,10-14,31H,8-9H2,1-2H3,(H,34,35)(H,33,36,37). The summed E-state index contributed by atoms with van der Waals surface area (Å²) in [5, 5.41) is 10.5. The normalized spacial score (nSPS) is 11.6. The molecule has 0 amide bonds. The van der Waals surface area contributed by atoms with Crippen LogP contribution in [0, 0.1) is 11.6 Å². The largest absolute Gasteiger partial charge is 0.384 e. The molecule has 0 aliphatic carbocycles. The molecular weight excluding hydrogens is 488 g/mol. The second-order valence-corrected chi connectivity index (χ2v) is 9.12. The van der Waals surface area contributed by atoms with Crippen LogP contribution in [0.25, 0.3) is 56.0 Å². The minimum atomic E-state index is -0.482. The van der Waals surface area contributed by atoms with Crippen molar-refractivity contribution < 1.29 is 8.78 Å². The number of nitrogens with zero attached hydrogens (tertiary/aromatic N) is 6. The first-order valence-electron chi connectivity index (χ1n) is 12.0. The van der Waals surface area contributed by atoms with Gasteiger partial charge < -0.3 is 15.2 Å². The third-order valence-electron chi connectivity index (χ3n) is 6.19. The number of imidazole rings is 1. The van der Waals surface area contributed by atoms with E-state index in [-0.39, 0.29) is 16.9 Å². The molecule has 38 heavy (non-hydrogen) atoms. The average Bonchev–Trinajstić information content (AvgIpc) is 3.53. The van der Waals surface area contributed by atoms with Gasteiger partial charge in [-0.1, -0.05) is 6.07 Å². The van der Waals surface area contributed by atoms with Gasteiger partial charge in [0, 0.05) is 60.3 Å². The van der Waals surface area contributed by atoms with Gasteiger partial charge in [-0.05, 0) is 44.4 Å². The molecule has 0 bridgehead atoms. The molecule has 1 aromatic carbocycles. The molecule has 0 atom stereocenters. The first-order valence-corrected chi connectivity index (χ1v) is 12.0. The Morgan fingerprint density at radius 3 is 2.71 bits per heavy atom. The molecule has 0 spiro atoms. The number of hydrogen-bond acceptors (Lipinski definition) is 7. The number of fused-ring (bicyclic) bond motifs is 2. The van der Waals surface area contributed by atoms with Crippen LogP contribution in [0.1, 0.15) is 0 Å². The Morgan fingerprint density at radius 1 is 1.00 bits per heavy atom. The second kappa shape index (κ2) is 9.60. The van der Waals surface area contributed by atoms with E-state index in [0.717, 1.165) is 6.54 Å². The summed E-state index contributed by atoms with van der Waals surface area (Å²) in [6.45, 7) is 1.46. The fourth-order valence-electron chi connectivity index (χ4n) is 4.36. The number of rotatable bonds is 7. The predicted molar refractivity (Wildman–Crippen MR) is 142 cm³/mol. The van der Waals surface area contributed by atoms with E-state index in [1.54, 1.807) is 36.8 Å². The molecule has 0 radical (unpaired) electrons. The number of hydrogen-bond donors (Lipinski definition) is 3. The number of H-pyrrole nitrogens is 2. The molecule has 5 aromatic heterocycles. The summed E-state index contributed by atoms with van der Waals surface area (Å²) < 4.78 is 30.3. The highest BCUT2D eigenvalue weighted by atomic mass is 19.1. The monoisotopic (exact) mass is 511 g/mol. The van der Waals surface area contributed by atoms with Crippen molar-refractivity contribution in [2.45, 2.75) is 0 Å². The van der Waals surface area contributed by atoms with Crippen LogP contribution >= 0.6 is 0 Å². The number of anilines is 1. The Labute approximate surface area is 216 Å². The van der Waals surface area contributed by atoms with Gasteiger partial charge in [0.15, 0.2) is 11.5 Å². The number of aromatic amines is 2. The van der Waals surface area contributed by atoms with Gasteiger partial charge in [-0.25, -0.2) is 18.7 Å². The van der Waals surface area contributed by atoms with Gasteiger partial charge >= 0.3 is 0 Å². The Hall–Kier alpha value is -4.77. The molecule has 0 fully saturated rings. The first kappa shape index (κ1) is 23.6. The Kier molecular flexibility index (Phi) is 5.97. The summed E-state index contributed by atoms with van der Waals surface area (Å²) >= 11 is 0. The highest BCUT2D eigenvalue weighted by Crippen LogP contribution is 2.34. The highest BCUT2D eigenvalue weighted by molar-refractivity contribution is 5.96. The van der Waals surface area contributed by atoms with Crippen molar-refractivity contribution in [1.82, 2.24) is 40.0 Å². The summed E-state index contributed by atoms with van der Waals surface area (Å²) in [5.74, 6) is -0.509. The van der Waals surface area contributed by atoms with Gasteiger partial charge in [-0.15, -0.1) is 0 Å². The lowest BCUT2D eigenvalue weighted by Crippen LogP contribution is -2.20. The zero-order chi connectivity index (χ0) is 26.2. The van der Waals surface area contributed by atoms with E-state index < -0.39 is 5.82 Å². The maximum atomic E-state index is 15.7. The fraction of sp³-hybridized carbons (Fsp3) is 0.148. The van der Waals surface area contributed by atoms with Gasteiger partial charge in [0.2, 0.25) is 0 Å². The third kappa shape index (κ3) is 4.33. The number of likely N-dealkylation sites (N-methyl/N-ethyl adjacent to an activating group) is 1. The maximum absolute atomic E-state index is 15.7. The van der Waals surface area contributed by atoms with Gasteiger partial charge in [-0.2, -0.15) is 5.10 Å². The van der Waals surface area contributed by atoms with Crippen LogP contribution in [-0.2, 0) is 0 Å². The quantitative estimate of drug-likeness (QED) is 0.280. The Morgan fingerprint density at radius 2 is 1.89 bits per heavy atom. The lowest BCUT2D eigenvalue weighted by Gasteiger charge is -2.12. The van der Waals surface area contributed by atoms with Crippen molar-refractivity contribution in [3.63, 3.8) is 0 Å². The van der Waals surface area contributed by atoms with Crippen molar-refractivity contribution in [3.8, 4) is 33.9 Å². The molecule has 0 aliphatic rings. The van der Waals surface area contributed by atoms with Crippen LogP contribution in [-0.4, -0.2) is 67.2 Å². The SMILES string of the molecule is CN(C)CCNc1cc(F)cc(-c2nccc3[nH]c(-c4[nH]nc5ncc(-c6cccnc6)c(F)c45)nc23)c1. The second-order valence-electron chi connectivity index (χ2n) is 9.12. The van der Waals surface area contributed by atoms with Crippen LogP contribution < -0.4 is 5.32 Å².